The molecular weight excluding hydrogens is 258 g/mol. The molecule has 0 saturated carbocycles. The van der Waals surface area contributed by atoms with Gasteiger partial charge in [-0.25, -0.2) is 4.98 Å². The standard InChI is InChI=1S/C15H18ClN3/c16-14-5-3-13(4-6-14)11-19-10-7-17-15(19)12-18-8-1-2-9-18/h3-7,10H,1-2,8-9,11-12H2. The summed E-state index contributed by atoms with van der Waals surface area (Å²) in [5, 5.41) is 0.784. The second-order valence-electron chi connectivity index (χ2n) is 5.08. The SMILES string of the molecule is Clc1ccc(Cn2ccnc2CN2CCCC2)cc1. The van der Waals surface area contributed by atoms with Crippen LogP contribution in [0, 0.1) is 0 Å². The van der Waals surface area contributed by atoms with E-state index in [2.05, 4.69) is 32.8 Å². The molecule has 1 aromatic heterocycles. The van der Waals surface area contributed by atoms with Crippen molar-refractivity contribution in [1.29, 1.82) is 0 Å². The first-order valence-electron chi connectivity index (χ1n) is 6.78. The van der Waals surface area contributed by atoms with Crippen LogP contribution in [0.3, 0.4) is 0 Å². The van der Waals surface area contributed by atoms with Crippen LogP contribution in [0.4, 0.5) is 0 Å². The maximum absolute atomic E-state index is 5.91. The summed E-state index contributed by atoms with van der Waals surface area (Å²) in [5.74, 6) is 1.15. The molecular formula is C15H18ClN3. The van der Waals surface area contributed by atoms with Crippen LogP contribution >= 0.6 is 11.6 Å². The minimum atomic E-state index is 0.784. The van der Waals surface area contributed by atoms with Gasteiger partial charge in [0.1, 0.15) is 5.82 Å². The Hall–Kier alpha value is -1.32. The van der Waals surface area contributed by atoms with Crippen molar-refractivity contribution in [3.05, 3.63) is 53.1 Å². The molecule has 0 aliphatic carbocycles. The summed E-state index contributed by atoms with van der Waals surface area (Å²) in [5.41, 5.74) is 1.25. The number of benzene rings is 1. The Morgan fingerprint density at radius 1 is 1.05 bits per heavy atom. The number of nitrogens with zero attached hydrogens (tertiary/aromatic N) is 3. The van der Waals surface area contributed by atoms with E-state index >= 15 is 0 Å². The maximum Gasteiger partial charge on any atom is 0.123 e. The topological polar surface area (TPSA) is 21.1 Å². The molecule has 1 fully saturated rings. The lowest BCUT2D eigenvalue weighted by atomic mass is 10.2. The molecule has 0 radical (unpaired) electrons. The van der Waals surface area contributed by atoms with Gasteiger partial charge >= 0.3 is 0 Å². The lowest BCUT2D eigenvalue weighted by Gasteiger charge is -2.15. The monoisotopic (exact) mass is 275 g/mol. The third-order valence-corrected chi connectivity index (χ3v) is 3.88. The zero-order valence-corrected chi connectivity index (χ0v) is 11.7. The second kappa shape index (κ2) is 5.76. The van der Waals surface area contributed by atoms with Crippen molar-refractivity contribution in [2.24, 2.45) is 0 Å². The molecule has 0 atom stereocenters. The fraction of sp³-hybridized carbons (Fsp3) is 0.400. The minimum Gasteiger partial charge on any atom is -0.329 e. The van der Waals surface area contributed by atoms with Crippen LogP contribution in [-0.2, 0) is 13.1 Å². The van der Waals surface area contributed by atoms with Gasteiger partial charge < -0.3 is 4.57 Å². The Kier molecular flexibility index (Phi) is 3.85. The van der Waals surface area contributed by atoms with Gasteiger partial charge in [-0.2, -0.15) is 0 Å². The highest BCUT2D eigenvalue weighted by atomic mass is 35.5. The first-order valence-corrected chi connectivity index (χ1v) is 7.16. The lowest BCUT2D eigenvalue weighted by Crippen LogP contribution is -2.21. The lowest BCUT2D eigenvalue weighted by molar-refractivity contribution is 0.317. The quantitative estimate of drug-likeness (QED) is 0.855. The van der Waals surface area contributed by atoms with E-state index in [4.69, 9.17) is 11.6 Å². The number of likely N-dealkylation sites (tertiary alicyclic amines) is 1. The molecule has 3 rings (SSSR count). The predicted octanol–water partition coefficient (Wildman–Crippen LogP) is 3.18. The van der Waals surface area contributed by atoms with Crippen molar-refractivity contribution in [1.82, 2.24) is 14.5 Å². The van der Waals surface area contributed by atoms with Crippen molar-refractivity contribution < 1.29 is 0 Å². The molecule has 2 heterocycles. The Balaban J connectivity index is 1.70. The molecule has 0 N–H and O–H groups in total. The van der Waals surface area contributed by atoms with Crippen molar-refractivity contribution in [3.8, 4) is 0 Å². The zero-order valence-electron chi connectivity index (χ0n) is 10.9. The zero-order chi connectivity index (χ0) is 13.1. The molecule has 100 valence electrons. The maximum atomic E-state index is 5.91. The number of aromatic nitrogens is 2. The van der Waals surface area contributed by atoms with Crippen molar-refractivity contribution >= 4 is 11.6 Å². The number of halogens is 1. The van der Waals surface area contributed by atoms with E-state index in [9.17, 15) is 0 Å². The molecule has 0 spiro atoms. The largest absolute Gasteiger partial charge is 0.329 e. The summed E-state index contributed by atoms with van der Waals surface area (Å²) in [6.45, 7) is 4.22. The normalized spacial score (nSPS) is 16.1. The van der Waals surface area contributed by atoms with Crippen molar-refractivity contribution in [2.45, 2.75) is 25.9 Å². The van der Waals surface area contributed by atoms with Crippen LogP contribution < -0.4 is 0 Å². The van der Waals surface area contributed by atoms with E-state index in [1.807, 2.05) is 18.3 Å². The Morgan fingerprint density at radius 3 is 2.53 bits per heavy atom. The Bertz CT molecular complexity index is 527. The van der Waals surface area contributed by atoms with Crippen LogP contribution in [0.25, 0.3) is 0 Å². The van der Waals surface area contributed by atoms with E-state index in [-0.39, 0.29) is 0 Å². The summed E-state index contributed by atoms with van der Waals surface area (Å²) >= 11 is 5.91. The van der Waals surface area contributed by atoms with E-state index in [1.54, 1.807) is 0 Å². The van der Waals surface area contributed by atoms with Crippen molar-refractivity contribution in [2.75, 3.05) is 13.1 Å². The summed E-state index contributed by atoms with van der Waals surface area (Å²) in [6.07, 6.45) is 6.58. The first-order chi connectivity index (χ1) is 9.31. The van der Waals surface area contributed by atoms with E-state index < -0.39 is 0 Å². The van der Waals surface area contributed by atoms with Gasteiger partial charge in [-0.15, -0.1) is 0 Å². The Morgan fingerprint density at radius 2 is 1.79 bits per heavy atom. The molecule has 2 aromatic rings. The van der Waals surface area contributed by atoms with Crippen LogP contribution in [-0.4, -0.2) is 27.5 Å². The molecule has 0 unspecified atom stereocenters. The third-order valence-electron chi connectivity index (χ3n) is 3.63. The first kappa shape index (κ1) is 12.7. The second-order valence-corrected chi connectivity index (χ2v) is 5.52. The van der Waals surface area contributed by atoms with Gasteiger partial charge in [0.25, 0.3) is 0 Å². The number of rotatable bonds is 4. The molecule has 0 bridgehead atoms. The average molecular weight is 276 g/mol. The smallest absolute Gasteiger partial charge is 0.123 e. The highest BCUT2D eigenvalue weighted by Gasteiger charge is 2.14. The predicted molar refractivity (Wildman–Crippen MR) is 77.3 cm³/mol. The fourth-order valence-electron chi connectivity index (χ4n) is 2.56. The van der Waals surface area contributed by atoms with E-state index in [0.29, 0.717) is 0 Å². The van der Waals surface area contributed by atoms with Crippen molar-refractivity contribution in [3.63, 3.8) is 0 Å². The van der Waals surface area contributed by atoms with Gasteiger partial charge in [0.2, 0.25) is 0 Å². The fourth-order valence-corrected chi connectivity index (χ4v) is 2.69. The summed E-state index contributed by atoms with van der Waals surface area (Å²) < 4.78 is 2.22. The summed E-state index contributed by atoms with van der Waals surface area (Å²) in [4.78, 5) is 6.96. The van der Waals surface area contributed by atoms with Gasteiger partial charge in [0.15, 0.2) is 0 Å². The van der Waals surface area contributed by atoms with E-state index in [1.165, 1.54) is 31.5 Å². The molecule has 0 amide bonds. The van der Waals surface area contributed by atoms with Gasteiger partial charge in [0, 0.05) is 24.0 Å². The van der Waals surface area contributed by atoms with E-state index in [0.717, 1.165) is 23.9 Å². The number of imidazole rings is 1. The Labute approximate surface area is 118 Å². The third kappa shape index (κ3) is 3.17. The van der Waals surface area contributed by atoms with Gasteiger partial charge in [-0.1, -0.05) is 23.7 Å². The van der Waals surface area contributed by atoms with Gasteiger partial charge in [-0.3, -0.25) is 4.90 Å². The molecule has 19 heavy (non-hydrogen) atoms. The molecule has 1 saturated heterocycles. The van der Waals surface area contributed by atoms with Crippen LogP contribution in [0.2, 0.25) is 5.02 Å². The molecule has 1 aromatic carbocycles. The number of hydrogen-bond acceptors (Lipinski definition) is 2. The van der Waals surface area contributed by atoms with Gasteiger partial charge in [0.05, 0.1) is 6.54 Å². The minimum absolute atomic E-state index is 0.784. The highest BCUT2D eigenvalue weighted by molar-refractivity contribution is 6.30. The average Bonchev–Trinajstić information content (AvgIpc) is 3.06. The molecule has 1 aliphatic heterocycles. The molecule has 3 nitrogen and oxygen atoms in total. The summed E-state index contributed by atoms with van der Waals surface area (Å²) in [6, 6.07) is 8.02. The molecule has 1 aliphatic rings. The van der Waals surface area contributed by atoms with Gasteiger partial charge in [-0.05, 0) is 43.6 Å². The number of hydrogen-bond donors (Lipinski definition) is 0. The summed E-state index contributed by atoms with van der Waals surface area (Å²) in [7, 11) is 0. The van der Waals surface area contributed by atoms with Crippen LogP contribution in [0.1, 0.15) is 24.2 Å². The molecule has 4 heteroatoms. The highest BCUT2D eigenvalue weighted by Crippen LogP contribution is 2.14. The van der Waals surface area contributed by atoms with Crippen LogP contribution in [0.15, 0.2) is 36.7 Å². The van der Waals surface area contributed by atoms with Crippen LogP contribution in [0.5, 0.6) is 0 Å².